The predicted octanol–water partition coefficient (Wildman–Crippen LogP) is 4.01. The Morgan fingerprint density at radius 3 is 2.47 bits per heavy atom. The van der Waals surface area contributed by atoms with Gasteiger partial charge in [0.05, 0.1) is 10.6 Å². The van der Waals surface area contributed by atoms with E-state index in [-0.39, 0.29) is 11.1 Å². The van der Waals surface area contributed by atoms with Gasteiger partial charge in [-0.15, -0.1) is 0 Å². The third-order valence-corrected chi connectivity index (χ3v) is 5.12. The second-order valence-electron chi connectivity index (χ2n) is 7.09. The summed E-state index contributed by atoms with van der Waals surface area (Å²) >= 11 is 5.96. The summed E-state index contributed by atoms with van der Waals surface area (Å²) < 4.78 is 0. The first-order chi connectivity index (χ1) is 15.3. The van der Waals surface area contributed by atoms with Gasteiger partial charge in [-0.2, -0.15) is 0 Å². The maximum absolute atomic E-state index is 12.9. The number of aromatic hydroxyl groups is 1. The van der Waals surface area contributed by atoms with E-state index in [9.17, 15) is 24.8 Å². The van der Waals surface area contributed by atoms with Crippen molar-refractivity contribution in [1.29, 1.82) is 0 Å². The fourth-order valence-electron chi connectivity index (χ4n) is 3.39. The molecule has 8 nitrogen and oxygen atoms in total. The van der Waals surface area contributed by atoms with E-state index < -0.39 is 28.2 Å². The molecule has 0 saturated carbocycles. The number of hydrogen-bond acceptors (Lipinski definition) is 5. The van der Waals surface area contributed by atoms with E-state index in [1.54, 1.807) is 18.2 Å². The Balaban J connectivity index is 1.74. The number of nitrogens with one attached hydrogen (secondary N) is 1. The Morgan fingerprint density at radius 2 is 1.78 bits per heavy atom. The van der Waals surface area contributed by atoms with E-state index in [2.05, 4.69) is 5.43 Å². The third kappa shape index (κ3) is 4.17. The van der Waals surface area contributed by atoms with Crippen molar-refractivity contribution in [1.82, 2.24) is 5.43 Å². The first kappa shape index (κ1) is 21.1. The molecule has 1 fully saturated rings. The molecule has 0 aromatic heterocycles. The quantitative estimate of drug-likeness (QED) is 0.264. The maximum atomic E-state index is 12.9. The number of nitrogens with zero attached hydrogens (tertiary/aromatic N) is 2. The normalized spacial score (nSPS) is 14.7. The molecule has 0 aliphatic carbocycles. The molecule has 4 rings (SSSR count). The van der Waals surface area contributed by atoms with E-state index in [0.29, 0.717) is 22.7 Å². The summed E-state index contributed by atoms with van der Waals surface area (Å²) in [6.45, 7) is 0. The zero-order chi connectivity index (χ0) is 22.8. The minimum atomic E-state index is -0.708. The molecule has 160 valence electrons. The largest absolute Gasteiger partial charge is 0.502 e. The molecular formula is C23H16ClN3O5. The highest BCUT2D eigenvalue weighted by Crippen LogP contribution is 2.34. The minimum absolute atomic E-state index is 0.00317. The van der Waals surface area contributed by atoms with E-state index in [1.807, 2.05) is 30.3 Å². The van der Waals surface area contributed by atoms with Crippen LogP contribution in [0.4, 0.5) is 11.4 Å². The Kier molecular flexibility index (Phi) is 5.61. The molecule has 1 heterocycles. The number of amides is 2. The van der Waals surface area contributed by atoms with Crippen molar-refractivity contribution < 1.29 is 19.6 Å². The molecule has 9 heteroatoms. The van der Waals surface area contributed by atoms with Crippen LogP contribution in [0.25, 0.3) is 6.08 Å². The molecular weight excluding hydrogens is 434 g/mol. The molecule has 0 bridgehead atoms. The van der Waals surface area contributed by atoms with Crippen LogP contribution in [0.5, 0.6) is 5.75 Å². The van der Waals surface area contributed by atoms with Crippen LogP contribution in [-0.2, 0) is 16.0 Å². The van der Waals surface area contributed by atoms with Gasteiger partial charge in [0.1, 0.15) is 5.57 Å². The van der Waals surface area contributed by atoms with Crippen molar-refractivity contribution in [2.75, 3.05) is 5.01 Å². The number of carbonyl (C=O) groups is 2. The van der Waals surface area contributed by atoms with Crippen molar-refractivity contribution in [3.63, 3.8) is 0 Å². The average molecular weight is 450 g/mol. The number of nitro groups is 1. The highest BCUT2D eigenvalue weighted by Gasteiger charge is 2.35. The van der Waals surface area contributed by atoms with Crippen molar-refractivity contribution >= 4 is 40.9 Å². The van der Waals surface area contributed by atoms with Crippen molar-refractivity contribution in [2.24, 2.45) is 0 Å². The van der Waals surface area contributed by atoms with Gasteiger partial charge in [-0.3, -0.25) is 25.1 Å². The van der Waals surface area contributed by atoms with Gasteiger partial charge in [-0.05, 0) is 47.9 Å². The van der Waals surface area contributed by atoms with Crippen LogP contribution in [0.1, 0.15) is 16.7 Å². The standard InChI is InChI=1S/C23H16ClN3O5/c24-17-7-4-8-18(13-17)26-23(30)19(22(29)25-26)12-16-10-15(9-14-5-2-1-3-6-14)11-20(21(16)28)27(31)32/h1-8,10-13,28H,9H2,(H,25,29). The summed E-state index contributed by atoms with van der Waals surface area (Å²) in [6, 6.07) is 18.4. The predicted molar refractivity (Wildman–Crippen MR) is 119 cm³/mol. The fraction of sp³-hybridized carbons (Fsp3) is 0.0435. The average Bonchev–Trinajstić information content (AvgIpc) is 3.04. The monoisotopic (exact) mass is 449 g/mol. The smallest absolute Gasteiger partial charge is 0.311 e. The molecule has 1 aliphatic heterocycles. The van der Waals surface area contributed by atoms with Gasteiger partial charge in [0.25, 0.3) is 11.8 Å². The molecule has 32 heavy (non-hydrogen) atoms. The molecule has 0 atom stereocenters. The van der Waals surface area contributed by atoms with Gasteiger partial charge in [0.15, 0.2) is 0 Å². The Labute approximate surface area is 187 Å². The summed E-state index contributed by atoms with van der Waals surface area (Å²) in [4.78, 5) is 36.1. The van der Waals surface area contributed by atoms with Crippen LogP contribution in [0.15, 0.2) is 72.3 Å². The summed E-state index contributed by atoms with van der Waals surface area (Å²) in [5, 5.41) is 23.3. The number of phenolic OH excluding ortho intramolecular Hbond substituents is 1. The van der Waals surface area contributed by atoms with E-state index >= 15 is 0 Å². The first-order valence-corrected chi connectivity index (χ1v) is 9.88. The molecule has 3 aromatic carbocycles. The second-order valence-corrected chi connectivity index (χ2v) is 7.53. The lowest BCUT2D eigenvalue weighted by Gasteiger charge is -2.14. The van der Waals surface area contributed by atoms with Crippen LogP contribution < -0.4 is 10.4 Å². The number of hydrogen-bond donors (Lipinski definition) is 2. The summed E-state index contributed by atoms with van der Waals surface area (Å²) in [5.74, 6) is -2.00. The topological polar surface area (TPSA) is 113 Å². The molecule has 1 aliphatic rings. The van der Waals surface area contributed by atoms with Crippen LogP contribution in [0.2, 0.25) is 5.02 Å². The molecule has 2 amide bonds. The van der Waals surface area contributed by atoms with Crippen molar-refractivity contribution in [3.8, 4) is 5.75 Å². The lowest BCUT2D eigenvalue weighted by Crippen LogP contribution is -2.35. The van der Waals surface area contributed by atoms with Gasteiger partial charge >= 0.3 is 5.69 Å². The summed E-state index contributed by atoms with van der Waals surface area (Å²) in [5.41, 5.74) is 3.46. The molecule has 0 unspecified atom stereocenters. The highest BCUT2D eigenvalue weighted by atomic mass is 35.5. The molecule has 0 radical (unpaired) electrons. The van der Waals surface area contributed by atoms with Crippen LogP contribution in [0, 0.1) is 10.1 Å². The highest BCUT2D eigenvalue weighted by molar-refractivity contribution is 6.33. The van der Waals surface area contributed by atoms with Gasteiger partial charge in [0.2, 0.25) is 5.75 Å². The van der Waals surface area contributed by atoms with Gasteiger partial charge < -0.3 is 5.11 Å². The number of phenols is 1. The van der Waals surface area contributed by atoms with Crippen LogP contribution >= 0.6 is 11.6 Å². The SMILES string of the molecule is O=C1NN(c2cccc(Cl)c2)C(=O)C1=Cc1cc(Cc2ccccc2)cc([N+](=O)[O-])c1O. The van der Waals surface area contributed by atoms with E-state index in [1.165, 1.54) is 18.2 Å². The lowest BCUT2D eigenvalue weighted by molar-refractivity contribution is -0.385. The maximum Gasteiger partial charge on any atom is 0.311 e. The van der Waals surface area contributed by atoms with Crippen molar-refractivity contribution in [2.45, 2.75) is 6.42 Å². The Hall–Kier alpha value is -4.17. The number of anilines is 1. The molecule has 0 spiro atoms. The zero-order valence-electron chi connectivity index (χ0n) is 16.5. The van der Waals surface area contributed by atoms with Crippen LogP contribution in [-0.4, -0.2) is 21.8 Å². The molecule has 3 aromatic rings. The molecule has 1 saturated heterocycles. The number of nitro benzene ring substituents is 1. The minimum Gasteiger partial charge on any atom is -0.502 e. The Bertz CT molecular complexity index is 1270. The number of halogens is 1. The molecule has 2 N–H and O–H groups in total. The summed E-state index contributed by atoms with van der Waals surface area (Å²) in [7, 11) is 0. The van der Waals surface area contributed by atoms with E-state index in [4.69, 9.17) is 11.6 Å². The fourth-order valence-corrected chi connectivity index (χ4v) is 3.58. The van der Waals surface area contributed by atoms with E-state index in [0.717, 1.165) is 16.6 Å². The number of rotatable bonds is 5. The van der Waals surface area contributed by atoms with Gasteiger partial charge in [-0.1, -0.05) is 48.0 Å². The van der Waals surface area contributed by atoms with Crippen LogP contribution in [0.3, 0.4) is 0 Å². The number of carbonyl (C=O) groups excluding carboxylic acids is 2. The second kappa shape index (κ2) is 8.52. The summed E-state index contributed by atoms with van der Waals surface area (Å²) in [6.07, 6.45) is 1.52. The lowest BCUT2D eigenvalue weighted by atomic mass is 9.99. The van der Waals surface area contributed by atoms with Gasteiger partial charge in [0, 0.05) is 16.7 Å². The first-order valence-electron chi connectivity index (χ1n) is 9.50. The van der Waals surface area contributed by atoms with Crippen molar-refractivity contribution in [3.05, 3.63) is 104 Å². The Morgan fingerprint density at radius 1 is 1.03 bits per heavy atom. The zero-order valence-corrected chi connectivity index (χ0v) is 17.2. The third-order valence-electron chi connectivity index (χ3n) is 4.88. The van der Waals surface area contributed by atoms with Gasteiger partial charge in [-0.25, -0.2) is 5.01 Å². The number of hydrazine groups is 1. The number of benzene rings is 3.